The quantitative estimate of drug-likeness (QED) is 0.206. The molecule has 2 aromatic rings. The highest BCUT2D eigenvalue weighted by Gasteiger charge is 2.32. The van der Waals surface area contributed by atoms with Crippen molar-refractivity contribution >= 4 is 46.8 Å². The number of carbonyl (C=O) groups excluding carboxylic acids is 4. The normalized spacial score (nSPS) is 16.8. The van der Waals surface area contributed by atoms with E-state index in [1.807, 2.05) is 50.3 Å². The maximum Gasteiger partial charge on any atom is 0.258 e. The number of aldehydes is 1. The van der Waals surface area contributed by atoms with Gasteiger partial charge in [0.25, 0.3) is 11.8 Å². The van der Waals surface area contributed by atoms with Crippen molar-refractivity contribution in [1.29, 1.82) is 0 Å². The number of fused-ring (bicyclic) bond motifs is 1. The van der Waals surface area contributed by atoms with Gasteiger partial charge in [0, 0.05) is 31.5 Å². The molecular formula is C30H44N6O6. The van der Waals surface area contributed by atoms with Crippen LogP contribution in [0, 0.1) is 11.3 Å². The Balaban J connectivity index is 0.00000301. The van der Waals surface area contributed by atoms with E-state index in [0.717, 1.165) is 29.9 Å². The molecule has 3 amide bonds. The predicted molar refractivity (Wildman–Crippen MR) is 162 cm³/mol. The van der Waals surface area contributed by atoms with Gasteiger partial charge in [-0.25, -0.2) is 10.4 Å². The topological polar surface area (TPSA) is 164 Å². The molecule has 0 saturated carbocycles. The third-order valence-corrected chi connectivity index (χ3v) is 6.73. The molecule has 3 unspecified atom stereocenters. The van der Waals surface area contributed by atoms with Crippen LogP contribution in [0.3, 0.4) is 0 Å². The molecule has 0 radical (unpaired) electrons. The molecule has 1 aliphatic rings. The van der Waals surface area contributed by atoms with Crippen molar-refractivity contribution in [3.8, 4) is 0 Å². The number of pyridine rings is 1. The van der Waals surface area contributed by atoms with E-state index in [-0.39, 0.29) is 11.8 Å². The molecule has 1 fully saturated rings. The lowest BCUT2D eigenvalue weighted by atomic mass is 9.94. The number of hydrogen-bond acceptors (Lipinski definition) is 9. The first-order chi connectivity index (χ1) is 19.8. The van der Waals surface area contributed by atoms with Crippen LogP contribution in [0.15, 0.2) is 36.4 Å². The van der Waals surface area contributed by atoms with Gasteiger partial charge in [0.15, 0.2) is 0 Å². The van der Waals surface area contributed by atoms with Gasteiger partial charge in [-0.1, -0.05) is 38.1 Å². The van der Waals surface area contributed by atoms with Crippen molar-refractivity contribution in [3.63, 3.8) is 0 Å². The third-order valence-electron chi connectivity index (χ3n) is 6.73. The molecule has 42 heavy (non-hydrogen) atoms. The number of nitrogens with zero attached hydrogens (tertiary/aromatic N) is 3. The molecule has 1 aromatic carbocycles. The van der Waals surface area contributed by atoms with E-state index in [1.165, 1.54) is 10.0 Å². The van der Waals surface area contributed by atoms with Crippen LogP contribution in [0.5, 0.6) is 0 Å². The van der Waals surface area contributed by atoms with Gasteiger partial charge in [-0.3, -0.25) is 29.8 Å². The zero-order valence-electron chi connectivity index (χ0n) is 25.4. The molecule has 230 valence electrons. The fourth-order valence-electron chi connectivity index (χ4n) is 4.10. The minimum Gasteiger partial charge on any atom is -0.400 e. The number of carbonyl (C=O) groups is 4. The van der Waals surface area contributed by atoms with Gasteiger partial charge < -0.3 is 20.3 Å². The van der Waals surface area contributed by atoms with E-state index >= 15 is 0 Å². The summed E-state index contributed by atoms with van der Waals surface area (Å²) in [6.45, 7) is 9.02. The van der Waals surface area contributed by atoms with Gasteiger partial charge in [0.2, 0.25) is 5.91 Å². The summed E-state index contributed by atoms with van der Waals surface area (Å²) >= 11 is 0. The first-order valence-corrected chi connectivity index (χ1v) is 13.9. The summed E-state index contributed by atoms with van der Waals surface area (Å²) in [7, 11) is 2.69. The zero-order valence-corrected chi connectivity index (χ0v) is 25.4. The summed E-state index contributed by atoms with van der Waals surface area (Å²) in [5.74, 6) is -1.09. The second-order valence-corrected chi connectivity index (χ2v) is 11.2. The number of amides is 3. The van der Waals surface area contributed by atoms with Gasteiger partial charge in [-0.15, -0.1) is 0 Å². The fraction of sp³-hybridized carbons (Fsp3) is 0.500. The maximum atomic E-state index is 13.1. The fourth-order valence-corrected chi connectivity index (χ4v) is 4.10. The standard InChI is InChI=1S/C29H40N6O5.CH4O/c1-18(2)25(37)27(39)30-19(3)28(40)35-15-7-8-22(32-35)26(38)33-34(6)24-12-11-21-10-9-20(16-23(21)31-24)13-14-29(4,5)17-36;1-2/h9-14,16-19,22,25,32,37H,7-8,15H2,1-6H3,(H,30,39)(H,33,38);2H,1H3/b14-13+;. The number of anilines is 1. The van der Waals surface area contributed by atoms with Crippen LogP contribution in [-0.2, 0) is 19.2 Å². The van der Waals surface area contributed by atoms with Crippen molar-refractivity contribution < 1.29 is 29.4 Å². The number of hydrazine groups is 2. The first kappa shape index (κ1) is 34.3. The van der Waals surface area contributed by atoms with Gasteiger partial charge >= 0.3 is 0 Å². The van der Waals surface area contributed by atoms with E-state index in [4.69, 9.17) is 5.11 Å². The molecular weight excluding hydrogens is 540 g/mol. The van der Waals surface area contributed by atoms with Gasteiger partial charge in [0.1, 0.15) is 30.3 Å². The molecule has 1 aliphatic heterocycles. The van der Waals surface area contributed by atoms with Crippen LogP contribution < -0.4 is 21.2 Å². The smallest absolute Gasteiger partial charge is 0.258 e. The third kappa shape index (κ3) is 9.33. The number of rotatable bonds is 10. The van der Waals surface area contributed by atoms with Gasteiger partial charge in [-0.2, -0.15) is 0 Å². The highest BCUT2D eigenvalue weighted by Crippen LogP contribution is 2.21. The van der Waals surface area contributed by atoms with Crippen LogP contribution in [0.1, 0.15) is 53.0 Å². The van der Waals surface area contributed by atoms with E-state index in [0.29, 0.717) is 25.2 Å². The minimum absolute atomic E-state index is 0.280. The Kier molecular flexibility index (Phi) is 12.6. The van der Waals surface area contributed by atoms with Crippen LogP contribution >= 0.6 is 0 Å². The Morgan fingerprint density at radius 1 is 1.17 bits per heavy atom. The Labute approximate surface area is 247 Å². The lowest BCUT2D eigenvalue weighted by Crippen LogP contribution is -2.62. The first-order valence-electron chi connectivity index (χ1n) is 13.9. The summed E-state index contributed by atoms with van der Waals surface area (Å²) in [5, 5.41) is 23.3. The maximum absolute atomic E-state index is 13.1. The molecule has 3 rings (SSSR count). The van der Waals surface area contributed by atoms with Crippen LogP contribution in [0.4, 0.5) is 5.82 Å². The zero-order chi connectivity index (χ0) is 31.6. The van der Waals surface area contributed by atoms with Gasteiger partial charge in [0.05, 0.1) is 5.52 Å². The van der Waals surface area contributed by atoms with E-state index in [2.05, 4.69) is 21.2 Å². The molecule has 12 heteroatoms. The highest BCUT2D eigenvalue weighted by molar-refractivity contribution is 5.90. The molecule has 5 N–H and O–H groups in total. The number of allylic oxidation sites excluding steroid dienone is 1. The summed E-state index contributed by atoms with van der Waals surface area (Å²) in [5.41, 5.74) is 6.85. The van der Waals surface area contributed by atoms with Crippen molar-refractivity contribution in [1.82, 2.24) is 26.2 Å². The number of benzene rings is 1. The molecule has 1 saturated heterocycles. The lowest BCUT2D eigenvalue weighted by molar-refractivity contribution is -0.144. The Morgan fingerprint density at radius 3 is 2.48 bits per heavy atom. The van der Waals surface area contributed by atoms with E-state index in [1.54, 1.807) is 33.9 Å². The molecule has 2 heterocycles. The minimum atomic E-state index is -1.21. The van der Waals surface area contributed by atoms with Crippen molar-refractivity contribution in [3.05, 3.63) is 42.0 Å². The number of hydrogen-bond donors (Lipinski definition) is 5. The number of nitrogens with one attached hydrogen (secondary N) is 3. The number of aliphatic hydroxyl groups excluding tert-OH is 2. The number of aromatic nitrogens is 1. The number of aliphatic hydroxyl groups is 2. The van der Waals surface area contributed by atoms with Crippen molar-refractivity contribution in [2.24, 2.45) is 11.3 Å². The average Bonchev–Trinajstić information content (AvgIpc) is 2.99. The van der Waals surface area contributed by atoms with E-state index < -0.39 is 35.4 Å². The second kappa shape index (κ2) is 15.4. The average molecular weight is 585 g/mol. The van der Waals surface area contributed by atoms with Crippen molar-refractivity contribution in [2.45, 2.75) is 65.6 Å². The Morgan fingerprint density at radius 2 is 1.83 bits per heavy atom. The summed E-state index contributed by atoms with van der Waals surface area (Å²) in [6.07, 6.45) is 4.53. The molecule has 3 atom stereocenters. The summed E-state index contributed by atoms with van der Waals surface area (Å²) in [6, 6.07) is 7.99. The Bertz CT molecular complexity index is 1280. The molecule has 0 bridgehead atoms. The summed E-state index contributed by atoms with van der Waals surface area (Å²) < 4.78 is 0. The monoisotopic (exact) mass is 584 g/mol. The highest BCUT2D eigenvalue weighted by atomic mass is 16.3. The summed E-state index contributed by atoms with van der Waals surface area (Å²) in [4.78, 5) is 54.0. The molecule has 1 aromatic heterocycles. The van der Waals surface area contributed by atoms with E-state index in [9.17, 15) is 24.3 Å². The lowest BCUT2D eigenvalue weighted by Gasteiger charge is -2.35. The molecule has 12 nitrogen and oxygen atoms in total. The molecule has 0 aliphatic carbocycles. The second-order valence-electron chi connectivity index (χ2n) is 11.2. The molecule has 0 spiro atoms. The predicted octanol–water partition coefficient (Wildman–Crippen LogP) is 1.57. The van der Waals surface area contributed by atoms with Crippen LogP contribution in [-0.4, -0.2) is 83.1 Å². The largest absolute Gasteiger partial charge is 0.400 e. The van der Waals surface area contributed by atoms with Gasteiger partial charge in [-0.05, 0) is 63.3 Å². The Hall–Kier alpha value is -3.87. The van der Waals surface area contributed by atoms with Crippen molar-refractivity contribution in [2.75, 3.05) is 25.7 Å². The SMILES string of the molecule is CC(NC(=O)C(O)C(C)C)C(=O)N1CCCC(C(=O)NN(C)c2ccc3ccc(/C=C/C(C)(C)C=O)cc3n2)N1.CO. The van der Waals surface area contributed by atoms with Crippen LogP contribution in [0.25, 0.3) is 17.0 Å². The van der Waals surface area contributed by atoms with Crippen LogP contribution in [0.2, 0.25) is 0 Å².